The van der Waals surface area contributed by atoms with Crippen molar-refractivity contribution < 1.29 is 4.79 Å². The summed E-state index contributed by atoms with van der Waals surface area (Å²) in [5, 5.41) is 0. The van der Waals surface area contributed by atoms with Gasteiger partial charge in [0, 0.05) is 12.5 Å². The Kier molecular flexibility index (Phi) is 12.0. The minimum absolute atomic E-state index is 0.259. The number of nitrogens with zero attached hydrogens (tertiary/aromatic N) is 1. The van der Waals surface area contributed by atoms with E-state index in [0.717, 1.165) is 19.4 Å². The molecule has 0 radical (unpaired) electrons. The summed E-state index contributed by atoms with van der Waals surface area (Å²) in [5.74, 6) is 0.599. The fourth-order valence-corrected chi connectivity index (χ4v) is 2.21. The van der Waals surface area contributed by atoms with E-state index in [0.29, 0.717) is 5.78 Å². The van der Waals surface area contributed by atoms with Crippen molar-refractivity contribution in [2.45, 2.75) is 65.2 Å². The molecule has 0 spiro atoms. The average molecular weight is 267 g/mol. The van der Waals surface area contributed by atoms with E-state index in [-0.39, 0.29) is 5.92 Å². The summed E-state index contributed by atoms with van der Waals surface area (Å²) in [4.78, 5) is 14.3. The number of rotatable bonds is 12. The van der Waals surface area contributed by atoms with Gasteiger partial charge in [0.05, 0.1) is 0 Å². The molecular weight excluding hydrogens is 234 g/mol. The molecule has 0 aliphatic carbocycles. The van der Waals surface area contributed by atoms with Crippen molar-refractivity contribution in [2.75, 3.05) is 20.6 Å². The number of carbonyl (C=O) groups is 1. The lowest BCUT2D eigenvalue weighted by Crippen LogP contribution is -2.14. The second-order valence-electron chi connectivity index (χ2n) is 5.76. The Bertz CT molecular complexity index is 246. The zero-order chi connectivity index (χ0) is 14.5. The fourth-order valence-electron chi connectivity index (χ4n) is 2.21. The van der Waals surface area contributed by atoms with Crippen molar-refractivity contribution >= 4 is 5.78 Å². The molecule has 112 valence electrons. The molecule has 0 rings (SSSR count). The second-order valence-corrected chi connectivity index (χ2v) is 5.76. The maximum Gasteiger partial charge on any atom is 0.158 e. The van der Waals surface area contributed by atoms with E-state index in [2.05, 4.69) is 18.7 Å². The van der Waals surface area contributed by atoms with E-state index in [4.69, 9.17) is 0 Å². The zero-order valence-corrected chi connectivity index (χ0v) is 13.5. The van der Waals surface area contributed by atoms with Gasteiger partial charge in [-0.3, -0.25) is 4.79 Å². The Labute approximate surface area is 120 Å². The number of likely N-dealkylation sites (N-methyl/N-ethyl adjacent to an activating group) is 1. The maximum atomic E-state index is 12.2. The minimum atomic E-state index is 0.259. The van der Waals surface area contributed by atoms with Crippen molar-refractivity contribution in [3.05, 3.63) is 12.2 Å². The van der Waals surface area contributed by atoms with Gasteiger partial charge in [-0.15, -0.1) is 0 Å². The molecular formula is C17H33NO. The maximum absolute atomic E-state index is 12.2. The molecule has 0 saturated carbocycles. The first-order valence-electron chi connectivity index (χ1n) is 7.96. The summed E-state index contributed by atoms with van der Waals surface area (Å²) in [6, 6.07) is 0. The van der Waals surface area contributed by atoms with Gasteiger partial charge in [-0.1, -0.05) is 58.4 Å². The van der Waals surface area contributed by atoms with Crippen LogP contribution >= 0.6 is 0 Å². The van der Waals surface area contributed by atoms with Gasteiger partial charge in [0.1, 0.15) is 0 Å². The highest BCUT2D eigenvalue weighted by atomic mass is 16.1. The number of allylic oxidation sites excluding steroid dienone is 1. The highest BCUT2D eigenvalue weighted by molar-refractivity contribution is 5.91. The molecule has 0 N–H and O–H groups in total. The molecule has 0 saturated heterocycles. The predicted molar refractivity (Wildman–Crippen MR) is 84.5 cm³/mol. The van der Waals surface area contributed by atoms with Crippen LogP contribution < -0.4 is 0 Å². The summed E-state index contributed by atoms with van der Waals surface area (Å²) in [6.07, 6.45) is 13.3. The number of hydrogen-bond donors (Lipinski definition) is 0. The lowest BCUT2D eigenvalue weighted by atomic mass is 9.91. The lowest BCUT2D eigenvalue weighted by Gasteiger charge is -2.13. The monoisotopic (exact) mass is 267 g/mol. The van der Waals surface area contributed by atoms with Crippen LogP contribution in [0.4, 0.5) is 0 Å². The van der Waals surface area contributed by atoms with Gasteiger partial charge in [-0.25, -0.2) is 0 Å². The topological polar surface area (TPSA) is 20.3 Å². The Hall–Kier alpha value is -0.630. The Morgan fingerprint density at radius 1 is 1.00 bits per heavy atom. The van der Waals surface area contributed by atoms with Gasteiger partial charge < -0.3 is 4.90 Å². The molecule has 0 aromatic rings. The number of ketones is 1. The smallest absolute Gasteiger partial charge is 0.158 e. The first-order chi connectivity index (χ1) is 9.11. The van der Waals surface area contributed by atoms with Crippen LogP contribution in [-0.2, 0) is 4.79 Å². The molecule has 1 unspecified atom stereocenters. The summed E-state index contributed by atoms with van der Waals surface area (Å²) in [7, 11) is 4.04. The summed E-state index contributed by atoms with van der Waals surface area (Å²) in [5.41, 5.74) is 0. The van der Waals surface area contributed by atoms with Crippen LogP contribution in [-0.4, -0.2) is 31.3 Å². The van der Waals surface area contributed by atoms with Crippen LogP contribution in [0.2, 0.25) is 0 Å². The number of unbranched alkanes of at least 4 members (excludes halogenated alkanes) is 4. The normalized spacial score (nSPS) is 13.3. The van der Waals surface area contributed by atoms with Crippen molar-refractivity contribution in [1.29, 1.82) is 0 Å². The van der Waals surface area contributed by atoms with E-state index >= 15 is 0 Å². The Morgan fingerprint density at radius 3 is 2.21 bits per heavy atom. The van der Waals surface area contributed by atoms with Gasteiger partial charge in [0.2, 0.25) is 0 Å². The van der Waals surface area contributed by atoms with Crippen LogP contribution in [0.3, 0.4) is 0 Å². The molecule has 0 heterocycles. The van der Waals surface area contributed by atoms with Gasteiger partial charge in [-0.05, 0) is 33.0 Å². The van der Waals surface area contributed by atoms with Crippen LogP contribution in [0.15, 0.2) is 12.2 Å². The summed E-state index contributed by atoms with van der Waals surface area (Å²) >= 11 is 0. The molecule has 2 nitrogen and oxygen atoms in total. The van der Waals surface area contributed by atoms with Crippen LogP contribution in [0.1, 0.15) is 65.2 Å². The molecule has 0 aromatic carbocycles. The summed E-state index contributed by atoms with van der Waals surface area (Å²) in [6.45, 7) is 5.27. The third-order valence-electron chi connectivity index (χ3n) is 3.47. The first-order valence-corrected chi connectivity index (χ1v) is 7.96. The first kappa shape index (κ1) is 18.4. The quantitative estimate of drug-likeness (QED) is 0.384. The SMILES string of the molecule is CCCCCCC(CCCC)C(=O)/C=C\CN(C)C. The molecule has 0 bridgehead atoms. The van der Waals surface area contributed by atoms with Crippen molar-refractivity contribution in [2.24, 2.45) is 5.92 Å². The molecule has 1 atom stereocenters. The molecule has 0 aliphatic heterocycles. The van der Waals surface area contributed by atoms with Crippen LogP contribution in [0.5, 0.6) is 0 Å². The lowest BCUT2D eigenvalue weighted by molar-refractivity contribution is -0.118. The van der Waals surface area contributed by atoms with E-state index < -0.39 is 0 Å². The van der Waals surface area contributed by atoms with Crippen LogP contribution in [0.25, 0.3) is 0 Å². The van der Waals surface area contributed by atoms with Gasteiger partial charge in [0.25, 0.3) is 0 Å². The van der Waals surface area contributed by atoms with E-state index in [1.165, 1.54) is 38.5 Å². The highest BCUT2D eigenvalue weighted by Gasteiger charge is 2.14. The zero-order valence-electron chi connectivity index (χ0n) is 13.5. The van der Waals surface area contributed by atoms with Crippen molar-refractivity contribution in [1.82, 2.24) is 4.90 Å². The predicted octanol–water partition coefficient (Wildman–Crippen LogP) is 4.45. The number of hydrogen-bond acceptors (Lipinski definition) is 2. The number of carbonyl (C=O) groups excluding carboxylic acids is 1. The van der Waals surface area contributed by atoms with Gasteiger partial charge >= 0.3 is 0 Å². The second kappa shape index (κ2) is 12.4. The third-order valence-corrected chi connectivity index (χ3v) is 3.47. The molecule has 19 heavy (non-hydrogen) atoms. The minimum Gasteiger partial charge on any atom is -0.306 e. The fraction of sp³-hybridized carbons (Fsp3) is 0.824. The molecule has 0 amide bonds. The molecule has 2 heteroatoms. The van der Waals surface area contributed by atoms with Crippen LogP contribution in [0, 0.1) is 5.92 Å². The Morgan fingerprint density at radius 2 is 1.63 bits per heavy atom. The van der Waals surface area contributed by atoms with Gasteiger partial charge in [-0.2, -0.15) is 0 Å². The standard InChI is InChI=1S/C17H33NO/c1-5-7-9-10-13-16(12-8-6-2)17(19)14-11-15-18(3)4/h11,14,16H,5-10,12-13,15H2,1-4H3/b14-11-. The Balaban J connectivity index is 4.14. The van der Waals surface area contributed by atoms with Crippen molar-refractivity contribution in [3.63, 3.8) is 0 Å². The molecule has 0 fully saturated rings. The van der Waals surface area contributed by atoms with E-state index in [1.54, 1.807) is 6.08 Å². The van der Waals surface area contributed by atoms with E-state index in [1.807, 2.05) is 20.2 Å². The molecule has 0 aromatic heterocycles. The highest BCUT2D eigenvalue weighted by Crippen LogP contribution is 2.19. The van der Waals surface area contributed by atoms with E-state index in [9.17, 15) is 4.79 Å². The van der Waals surface area contributed by atoms with Gasteiger partial charge in [0.15, 0.2) is 5.78 Å². The largest absolute Gasteiger partial charge is 0.306 e. The van der Waals surface area contributed by atoms with Crippen molar-refractivity contribution in [3.8, 4) is 0 Å². The summed E-state index contributed by atoms with van der Waals surface area (Å²) < 4.78 is 0. The average Bonchev–Trinajstić information content (AvgIpc) is 2.37. The molecule has 0 aliphatic rings. The third kappa shape index (κ3) is 10.9.